The minimum absolute atomic E-state index is 0.119. The molecule has 0 bridgehead atoms. The molecule has 0 unspecified atom stereocenters. The molecule has 0 radical (unpaired) electrons. The lowest BCUT2D eigenvalue weighted by molar-refractivity contribution is 0.102. The van der Waals surface area contributed by atoms with E-state index in [-0.39, 0.29) is 16.9 Å². The van der Waals surface area contributed by atoms with Crippen LogP contribution in [0.25, 0.3) is 5.65 Å². The quantitative estimate of drug-likeness (QED) is 0.804. The Hall–Kier alpha value is -3.40. The molecule has 1 aromatic carbocycles. The summed E-state index contributed by atoms with van der Waals surface area (Å²) in [6, 6.07) is 9.51. The molecule has 2 heterocycles. The highest BCUT2D eigenvalue weighted by atomic mass is 19.1. The largest absolute Gasteiger partial charge is 0.376 e. The molecule has 0 atom stereocenters. The highest BCUT2D eigenvalue weighted by Gasteiger charge is 2.15. The van der Waals surface area contributed by atoms with E-state index in [0.717, 1.165) is 5.69 Å². The van der Waals surface area contributed by atoms with Crippen LogP contribution in [-0.4, -0.2) is 29.4 Å². The summed E-state index contributed by atoms with van der Waals surface area (Å²) < 4.78 is 15.3. The van der Waals surface area contributed by atoms with Gasteiger partial charge in [0, 0.05) is 26.5 Å². The lowest BCUT2D eigenvalue weighted by atomic mass is 10.2. The number of nitriles is 1. The molecule has 0 aliphatic heterocycles. The summed E-state index contributed by atoms with van der Waals surface area (Å²) in [6.07, 6.45) is 3.44. The summed E-state index contributed by atoms with van der Waals surface area (Å²) in [4.78, 5) is 18.5. The fourth-order valence-electron chi connectivity index (χ4n) is 2.28. The Morgan fingerprint density at radius 1 is 1.29 bits per heavy atom. The van der Waals surface area contributed by atoms with Gasteiger partial charge in [-0.2, -0.15) is 5.26 Å². The van der Waals surface area contributed by atoms with Crippen LogP contribution in [0.4, 0.5) is 15.8 Å². The SMILES string of the molecule is CN(C)c1ccc2nc(C(=O)Nc3cccc(F)c3C#N)cn2c1. The molecule has 0 spiro atoms. The zero-order valence-corrected chi connectivity index (χ0v) is 13.1. The first-order chi connectivity index (χ1) is 11.5. The van der Waals surface area contributed by atoms with Crippen LogP contribution in [0.1, 0.15) is 16.1 Å². The second kappa shape index (κ2) is 6.01. The Bertz CT molecular complexity index is 971. The van der Waals surface area contributed by atoms with Crippen molar-refractivity contribution in [2.24, 2.45) is 0 Å². The number of aromatic nitrogens is 2. The summed E-state index contributed by atoms with van der Waals surface area (Å²) in [7, 11) is 3.83. The van der Waals surface area contributed by atoms with Crippen LogP contribution in [0, 0.1) is 17.1 Å². The number of carbonyl (C=O) groups is 1. The van der Waals surface area contributed by atoms with Crippen molar-refractivity contribution >= 4 is 22.9 Å². The van der Waals surface area contributed by atoms with Gasteiger partial charge in [0.15, 0.2) is 0 Å². The Labute approximate surface area is 137 Å². The van der Waals surface area contributed by atoms with Crippen molar-refractivity contribution in [3.05, 3.63) is 59.8 Å². The number of carbonyl (C=O) groups excluding carboxylic acids is 1. The third-order valence-corrected chi connectivity index (χ3v) is 3.56. The molecule has 0 saturated heterocycles. The number of fused-ring (bicyclic) bond motifs is 1. The van der Waals surface area contributed by atoms with E-state index >= 15 is 0 Å². The molecule has 3 rings (SSSR count). The van der Waals surface area contributed by atoms with Gasteiger partial charge in [0.25, 0.3) is 5.91 Å². The van der Waals surface area contributed by atoms with Gasteiger partial charge in [0.1, 0.15) is 28.8 Å². The topological polar surface area (TPSA) is 73.4 Å². The number of amides is 1. The molecule has 3 aromatic rings. The smallest absolute Gasteiger partial charge is 0.275 e. The van der Waals surface area contributed by atoms with Gasteiger partial charge in [-0.1, -0.05) is 6.07 Å². The molecule has 1 amide bonds. The maximum Gasteiger partial charge on any atom is 0.275 e. The first-order valence-corrected chi connectivity index (χ1v) is 7.15. The molecule has 6 nitrogen and oxygen atoms in total. The molecular weight excluding hydrogens is 309 g/mol. The van der Waals surface area contributed by atoms with Crippen molar-refractivity contribution in [3.63, 3.8) is 0 Å². The van der Waals surface area contributed by atoms with E-state index in [9.17, 15) is 9.18 Å². The van der Waals surface area contributed by atoms with E-state index in [1.54, 1.807) is 22.7 Å². The second-order valence-electron chi connectivity index (χ2n) is 5.40. The standard InChI is InChI=1S/C17H14FN5O/c1-22(2)11-6-7-16-20-15(10-23(16)9-11)17(24)21-14-5-3-4-13(18)12(14)8-19/h3-7,9-10H,1-2H3,(H,21,24). The molecule has 1 N–H and O–H groups in total. The average molecular weight is 323 g/mol. The number of hydrogen-bond acceptors (Lipinski definition) is 4. The van der Waals surface area contributed by atoms with Crippen LogP contribution in [0.2, 0.25) is 0 Å². The summed E-state index contributed by atoms with van der Waals surface area (Å²) in [6.45, 7) is 0. The molecule has 2 aromatic heterocycles. The molecule has 0 aliphatic rings. The summed E-state index contributed by atoms with van der Waals surface area (Å²) >= 11 is 0. The minimum atomic E-state index is -0.680. The van der Waals surface area contributed by atoms with E-state index in [1.165, 1.54) is 18.2 Å². The van der Waals surface area contributed by atoms with Gasteiger partial charge >= 0.3 is 0 Å². The third-order valence-electron chi connectivity index (χ3n) is 3.56. The van der Waals surface area contributed by atoms with Crippen molar-refractivity contribution < 1.29 is 9.18 Å². The maximum absolute atomic E-state index is 13.6. The second-order valence-corrected chi connectivity index (χ2v) is 5.40. The van der Waals surface area contributed by atoms with Crippen LogP contribution < -0.4 is 10.2 Å². The molecule has 7 heteroatoms. The van der Waals surface area contributed by atoms with Gasteiger partial charge in [-0.05, 0) is 24.3 Å². The number of halogens is 1. The zero-order valence-electron chi connectivity index (χ0n) is 13.1. The predicted molar refractivity (Wildman–Crippen MR) is 88.6 cm³/mol. The van der Waals surface area contributed by atoms with Crippen LogP contribution in [0.15, 0.2) is 42.7 Å². The summed E-state index contributed by atoms with van der Waals surface area (Å²) in [5.74, 6) is -1.19. The van der Waals surface area contributed by atoms with Crippen LogP contribution in [0.3, 0.4) is 0 Å². The summed E-state index contributed by atoms with van der Waals surface area (Å²) in [5.41, 5.74) is 1.67. The Morgan fingerprint density at radius 2 is 2.08 bits per heavy atom. The molecule has 120 valence electrons. The number of anilines is 2. The zero-order chi connectivity index (χ0) is 17.3. The highest BCUT2D eigenvalue weighted by Crippen LogP contribution is 2.19. The Kier molecular flexibility index (Phi) is 3.88. The first-order valence-electron chi connectivity index (χ1n) is 7.15. The Balaban J connectivity index is 1.92. The number of pyridine rings is 1. The van der Waals surface area contributed by atoms with Crippen LogP contribution in [-0.2, 0) is 0 Å². The van der Waals surface area contributed by atoms with E-state index in [1.807, 2.05) is 31.3 Å². The fourth-order valence-corrected chi connectivity index (χ4v) is 2.28. The van der Waals surface area contributed by atoms with E-state index in [4.69, 9.17) is 5.26 Å². The van der Waals surface area contributed by atoms with Crippen LogP contribution >= 0.6 is 0 Å². The fraction of sp³-hybridized carbons (Fsp3) is 0.118. The Morgan fingerprint density at radius 3 is 2.79 bits per heavy atom. The summed E-state index contributed by atoms with van der Waals surface area (Å²) in [5, 5.41) is 11.5. The van der Waals surface area contributed by atoms with E-state index in [2.05, 4.69) is 10.3 Å². The number of rotatable bonds is 3. The van der Waals surface area contributed by atoms with Crippen molar-refractivity contribution in [2.75, 3.05) is 24.3 Å². The van der Waals surface area contributed by atoms with E-state index in [0.29, 0.717) is 5.65 Å². The number of hydrogen-bond donors (Lipinski definition) is 1. The van der Waals surface area contributed by atoms with E-state index < -0.39 is 11.7 Å². The van der Waals surface area contributed by atoms with Gasteiger partial charge in [0.2, 0.25) is 0 Å². The van der Waals surface area contributed by atoms with Gasteiger partial charge in [-0.25, -0.2) is 9.37 Å². The van der Waals surface area contributed by atoms with Gasteiger partial charge in [-0.3, -0.25) is 4.79 Å². The maximum atomic E-state index is 13.6. The molecule has 0 aliphatic carbocycles. The minimum Gasteiger partial charge on any atom is -0.376 e. The number of nitrogens with one attached hydrogen (secondary N) is 1. The van der Waals surface area contributed by atoms with Gasteiger partial charge < -0.3 is 14.6 Å². The van der Waals surface area contributed by atoms with Crippen molar-refractivity contribution in [2.45, 2.75) is 0 Å². The predicted octanol–water partition coefficient (Wildman–Crippen LogP) is 2.66. The highest BCUT2D eigenvalue weighted by molar-refractivity contribution is 6.03. The lowest BCUT2D eigenvalue weighted by Gasteiger charge is -2.11. The number of benzene rings is 1. The van der Waals surface area contributed by atoms with Crippen molar-refractivity contribution in [1.82, 2.24) is 9.38 Å². The first kappa shape index (κ1) is 15.5. The number of nitrogens with zero attached hydrogens (tertiary/aromatic N) is 4. The van der Waals surface area contributed by atoms with Gasteiger partial charge in [0.05, 0.1) is 11.4 Å². The van der Waals surface area contributed by atoms with Crippen molar-refractivity contribution in [3.8, 4) is 6.07 Å². The third kappa shape index (κ3) is 2.77. The van der Waals surface area contributed by atoms with Crippen molar-refractivity contribution in [1.29, 1.82) is 5.26 Å². The molecule has 24 heavy (non-hydrogen) atoms. The van der Waals surface area contributed by atoms with Gasteiger partial charge in [-0.15, -0.1) is 0 Å². The monoisotopic (exact) mass is 323 g/mol. The normalized spacial score (nSPS) is 10.4. The number of imidazole rings is 1. The molecule has 0 fully saturated rings. The molecular formula is C17H14FN5O. The lowest BCUT2D eigenvalue weighted by Crippen LogP contribution is -2.13. The van der Waals surface area contributed by atoms with Crippen LogP contribution in [0.5, 0.6) is 0 Å². The molecule has 0 saturated carbocycles. The average Bonchev–Trinajstić information content (AvgIpc) is 2.98.